The molecule has 1 rings (SSSR count). The maximum absolute atomic E-state index is 4.31. The average Bonchev–Trinajstić information content (AvgIpc) is 2.43. The molecule has 10 heavy (non-hydrogen) atoms. The zero-order valence-electron chi connectivity index (χ0n) is 6.43. The maximum Gasteiger partial charge on any atom is 0.103 e. The molecule has 1 aliphatic heterocycles. The van der Waals surface area contributed by atoms with Crippen molar-refractivity contribution in [3.63, 3.8) is 0 Å². The topological polar surface area (TPSA) is 24.4 Å². The van der Waals surface area contributed by atoms with Crippen molar-refractivity contribution in [1.29, 1.82) is 0 Å². The molecule has 1 unspecified atom stereocenters. The van der Waals surface area contributed by atoms with E-state index in [4.69, 9.17) is 0 Å². The van der Waals surface area contributed by atoms with Crippen LogP contribution in [-0.2, 0) is 0 Å². The van der Waals surface area contributed by atoms with E-state index in [9.17, 15) is 0 Å². The molecule has 0 bridgehead atoms. The highest BCUT2D eigenvalue weighted by atomic mass is 15.1. The van der Waals surface area contributed by atoms with E-state index in [1.165, 1.54) is 0 Å². The van der Waals surface area contributed by atoms with Gasteiger partial charge in [-0.15, -0.1) is 6.58 Å². The van der Waals surface area contributed by atoms with Crippen molar-refractivity contribution < 1.29 is 0 Å². The van der Waals surface area contributed by atoms with Crippen molar-refractivity contribution in [2.24, 2.45) is 10.9 Å². The van der Waals surface area contributed by atoms with Crippen molar-refractivity contribution in [3.05, 3.63) is 12.7 Å². The van der Waals surface area contributed by atoms with Crippen LogP contribution >= 0.6 is 0 Å². The highest BCUT2D eigenvalue weighted by Gasteiger charge is 2.12. The number of amidine groups is 1. The maximum atomic E-state index is 4.31. The van der Waals surface area contributed by atoms with Crippen molar-refractivity contribution in [2.75, 3.05) is 13.1 Å². The number of nitrogens with zero attached hydrogens (tertiary/aromatic N) is 1. The molecule has 1 N–H and O–H groups in total. The van der Waals surface area contributed by atoms with Gasteiger partial charge in [-0.05, 0) is 6.42 Å². The monoisotopic (exact) mass is 138 g/mol. The van der Waals surface area contributed by atoms with Gasteiger partial charge in [0.2, 0.25) is 0 Å². The van der Waals surface area contributed by atoms with Crippen LogP contribution in [-0.4, -0.2) is 18.9 Å². The number of hydrogen-bond donors (Lipinski definition) is 1. The summed E-state index contributed by atoms with van der Waals surface area (Å²) in [7, 11) is 0. The van der Waals surface area contributed by atoms with E-state index in [-0.39, 0.29) is 0 Å². The Morgan fingerprint density at radius 2 is 2.70 bits per heavy atom. The van der Waals surface area contributed by atoms with E-state index in [0.29, 0.717) is 5.92 Å². The Bertz CT molecular complexity index is 149. The minimum Gasteiger partial charge on any atom is -0.371 e. The Balaban J connectivity index is 2.51. The van der Waals surface area contributed by atoms with Crippen LogP contribution in [0.25, 0.3) is 0 Å². The highest BCUT2D eigenvalue weighted by molar-refractivity contribution is 5.87. The van der Waals surface area contributed by atoms with E-state index >= 15 is 0 Å². The summed E-state index contributed by atoms with van der Waals surface area (Å²) in [5.74, 6) is 1.57. The fourth-order valence-corrected chi connectivity index (χ4v) is 1.14. The third-order valence-corrected chi connectivity index (χ3v) is 1.78. The first-order valence-corrected chi connectivity index (χ1v) is 3.79. The molecule has 0 aromatic rings. The summed E-state index contributed by atoms with van der Waals surface area (Å²) < 4.78 is 0. The smallest absolute Gasteiger partial charge is 0.103 e. The van der Waals surface area contributed by atoms with E-state index < -0.39 is 0 Å². The predicted molar refractivity (Wildman–Crippen MR) is 44.3 cm³/mol. The van der Waals surface area contributed by atoms with Gasteiger partial charge in [0.05, 0.1) is 6.54 Å². The number of nitrogens with one attached hydrogen (secondary N) is 1. The van der Waals surface area contributed by atoms with Crippen LogP contribution in [0, 0.1) is 5.92 Å². The first kappa shape index (κ1) is 7.32. The van der Waals surface area contributed by atoms with Gasteiger partial charge in [0.1, 0.15) is 5.84 Å². The summed E-state index contributed by atoms with van der Waals surface area (Å²) in [6, 6.07) is 0. The summed E-state index contributed by atoms with van der Waals surface area (Å²) in [5.41, 5.74) is 0. The molecule has 1 heterocycles. The SMILES string of the molecule is C=CC(CC)C1=NCCN1. The van der Waals surface area contributed by atoms with Gasteiger partial charge in [-0.2, -0.15) is 0 Å². The first-order chi connectivity index (χ1) is 4.88. The lowest BCUT2D eigenvalue weighted by molar-refractivity contribution is 0.790. The minimum absolute atomic E-state index is 0.447. The molecule has 0 saturated heterocycles. The van der Waals surface area contributed by atoms with Crippen LogP contribution in [0.5, 0.6) is 0 Å². The van der Waals surface area contributed by atoms with E-state index in [1.807, 2.05) is 6.08 Å². The highest BCUT2D eigenvalue weighted by Crippen LogP contribution is 2.06. The molecule has 0 amide bonds. The molecular formula is C8H14N2. The predicted octanol–water partition coefficient (Wildman–Crippen LogP) is 1.20. The second-order valence-corrected chi connectivity index (χ2v) is 2.44. The van der Waals surface area contributed by atoms with Gasteiger partial charge in [-0.1, -0.05) is 13.0 Å². The largest absolute Gasteiger partial charge is 0.371 e. The molecule has 56 valence electrons. The lowest BCUT2D eigenvalue weighted by Crippen LogP contribution is -2.25. The number of rotatable bonds is 3. The Hall–Kier alpha value is -0.790. The standard InChI is InChI=1S/C8H14N2/c1-3-7(4-2)8-9-5-6-10-8/h3,7H,1,4-6H2,2H3,(H,9,10). The second-order valence-electron chi connectivity index (χ2n) is 2.44. The Morgan fingerprint density at radius 3 is 3.10 bits per heavy atom. The molecule has 0 aromatic carbocycles. The minimum atomic E-state index is 0.447. The third-order valence-electron chi connectivity index (χ3n) is 1.78. The van der Waals surface area contributed by atoms with E-state index in [0.717, 1.165) is 25.3 Å². The molecule has 0 spiro atoms. The quantitative estimate of drug-likeness (QED) is 0.582. The fourth-order valence-electron chi connectivity index (χ4n) is 1.14. The van der Waals surface area contributed by atoms with Crippen molar-refractivity contribution in [1.82, 2.24) is 5.32 Å². The molecule has 0 aromatic heterocycles. The molecule has 1 aliphatic rings. The van der Waals surface area contributed by atoms with Gasteiger partial charge < -0.3 is 5.32 Å². The van der Waals surface area contributed by atoms with Gasteiger partial charge >= 0.3 is 0 Å². The van der Waals surface area contributed by atoms with Gasteiger partial charge in [0.25, 0.3) is 0 Å². The molecule has 1 atom stereocenters. The van der Waals surface area contributed by atoms with Crippen LogP contribution < -0.4 is 5.32 Å². The van der Waals surface area contributed by atoms with Crippen molar-refractivity contribution >= 4 is 5.84 Å². The zero-order valence-corrected chi connectivity index (χ0v) is 6.43. The third kappa shape index (κ3) is 1.38. The molecule has 0 aliphatic carbocycles. The van der Waals surface area contributed by atoms with Crippen LogP contribution in [0.15, 0.2) is 17.6 Å². The van der Waals surface area contributed by atoms with Gasteiger partial charge in [0, 0.05) is 12.5 Å². The summed E-state index contributed by atoms with van der Waals surface area (Å²) in [6.07, 6.45) is 3.05. The van der Waals surface area contributed by atoms with Gasteiger partial charge in [-0.3, -0.25) is 4.99 Å². The van der Waals surface area contributed by atoms with E-state index in [2.05, 4.69) is 23.8 Å². The Morgan fingerprint density at radius 1 is 1.90 bits per heavy atom. The Kier molecular flexibility index (Phi) is 2.49. The van der Waals surface area contributed by atoms with Crippen LogP contribution in [0.2, 0.25) is 0 Å². The summed E-state index contributed by atoms with van der Waals surface area (Å²) in [4.78, 5) is 4.31. The number of hydrogen-bond acceptors (Lipinski definition) is 2. The molecule has 0 fully saturated rings. The van der Waals surface area contributed by atoms with Crippen LogP contribution in [0.1, 0.15) is 13.3 Å². The summed E-state index contributed by atoms with van der Waals surface area (Å²) in [6.45, 7) is 7.83. The van der Waals surface area contributed by atoms with Crippen molar-refractivity contribution in [3.8, 4) is 0 Å². The average molecular weight is 138 g/mol. The normalized spacial score (nSPS) is 19.5. The fraction of sp³-hybridized carbons (Fsp3) is 0.625. The molecule has 0 radical (unpaired) electrons. The van der Waals surface area contributed by atoms with Crippen molar-refractivity contribution in [2.45, 2.75) is 13.3 Å². The zero-order chi connectivity index (χ0) is 7.40. The van der Waals surface area contributed by atoms with Crippen LogP contribution in [0.3, 0.4) is 0 Å². The lowest BCUT2D eigenvalue weighted by atomic mass is 10.1. The lowest BCUT2D eigenvalue weighted by Gasteiger charge is -2.08. The molecular weight excluding hydrogens is 124 g/mol. The van der Waals surface area contributed by atoms with Gasteiger partial charge in [0.15, 0.2) is 0 Å². The first-order valence-electron chi connectivity index (χ1n) is 3.79. The summed E-state index contributed by atoms with van der Waals surface area (Å²) >= 11 is 0. The summed E-state index contributed by atoms with van der Waals surface area (Å²) in [5, 5.41) is 3.24. The number of aliphatic imine (C=N–C) groups is 1. The molecule has 2 heteroatoms. The van der Waals surface area contributed by atoms with Crippen LogP contribution in [0.4, 0.5) is 0 Å². The molecule has 0 saturated carbocycles. The molecule has 2 nitrogen and oxygen atoms in total. The van der Waals surface area contributed by atoms with E-state index in [1.54, 1.807) is 0 Å². The second kappa shape index (κ2) is 3.40. The van der Waals surface area contributed by atoms with Gasteiger partial charge in [-0.25, -0.2) is 0 Å². The Labute approximate surface area is 62.0 Å².